The molecule has 2 heterocycles. The molecule has 0 aliphatic carbocycles. The predicted octanol–water partition coefficient (Wildman–Crippen LogP) is 1.08. The SMILES string of the molecule is OCc1cccc2c1OB(c1ccco1)OC2. The van der Waals surface area contributed by atoms with Gasteiger partial charge in [-0.15, -0.1) is 0 Å². The molecule has 0 saturated heterocycles. The molecule has 17 heavy (non-hydrogen) atoms. The Hall–Kier alpha value is -1.72. The second-order valence-corrected chi connectivity index (χ2v) is 3.84. The van der Waals surface area contributed by atoms with E-state index in [1.165, 1.54) is 0 Å². The number of para-hydroxylation sites is 1. The van der Waals surface area contributed by atoms with Gasteiger partial charge in [0.15, 0.2) is 0 Å². The van der Waals surface area contributed by atoms with Crippen molar-refractivity contribution in [1.29, 1.82) is 0 Å². The molecule has 0 atom stereocenters. The number of hydrogen-bond donors (Lipinski definition) is 1. The zero-order chi connectivity index (χ0) is 11.7. The lowest BCUT2D eigenvalue weighted by Gasteiger charge is -2.24. The lowest BCUT2D eigenvalue weighted by atomic mass is 9.84. The van der Waals surface area contributed by atoms with E-state index in [9.17, 15) is 5.11 Å². The summed E-state index contributed by atoms with van der Waals surface area (Å²) in [6, 6.07) is 9.23. The van der Waals surface area contributed by atoms with Crippen molar-refractivity contribution in [3.05, 3.63) is 47.7 Å². The largest absolute Gasteiger partial charge is 0.601 e. The van der Waals surface area contributed by atoms with E-state index in [4.69, 9.17) is 13.7 Å². The van der Waals surface area contributed by atoms with Gasteiger partial charge in [0.25, 0.3) is 0 Å². The van der Waals surface area contributed by atoms with E-state index in [0.717, 1.165) is 11.1 Å². The van der Waals surface area contributed by atoms with E-state index in [0.29, 0.717) is 18.0 Å². The first-order valence-corrected chi connectivity index (χ1v) is 5.42. The third-order valence-electron chi connectivity index (χ3n) is 2.74. The Morgan fingerprint density at radius 1 is 1.24 bits per heavy atom. The minimum atomic E-state index is -0.537. The van der Waals surface area contributed by atoms with Crippen molar-refractivity contribution >= 4 is 12.8 Å². The minimum Gasteiger partial charge on any atom is -0.530 e. The first-order chi connectivity index (χ1) is 8.38. The third-order valence-corrected chi connectivity index (χ3v) is 2.74. The summed E-state index contributed by atoms with van der Waals surface area (Å²) in [5, 5.41) is 9.27. The third kappa shape index (κ3) is 1.83. The van der Waals surface area contributed by atoms with Crippen LogP contribution < -0.4 is 10.3 Å². The van der Waals surface area contributed by atoms with Crippen molar-refractivity contribution in [2.75, 3.05) is 0 Å². The molecule has 1 aliphatic heterocycles. The molecule has 0 amide bonds. The summed E-state index contributed by atoms with van der Waals surface area (Å²) in [4.78, 5) is 0. The van der Waals surface area contributed by atoms with Gasteiger partial charge in [-0.05, 0) is 12.1 Å². The van der Waals surface area contributed by atoms with Crippen LogP contribution in [0.5, 0.6) is 5.75 Å². The first-order valence-electron chi connectivity index (χ1n) is 5.42. The number of fused-ring (bicyclic) bond motifs is 1. The molecule has 0 saturated carbocycles. The second kappa shape index (κ2) is 4.27. The molecule has 1 aliphatic rings. The van der Waals surface area contributed by atoms with E-state index in [2.05, 4.69) is 0 Å². The average molecular weight is 230 g/mol. The Bertz CT molecular complexity index is 495. The van der Waals surface area contributed by atoms with Crippen LogP contribution in [0.1, 0.15) is 11.1 Å². The van der Waals surface area contributed by atoms with E-state index in [1.807, 2.05) is 18.2 Å². The molecule has 0 radical (unpaired) electrons. The van der Waals surface area contributed by atoms with Gasteiger partial charge >= 0.3 is 7.12 Å². The van der Waals surface area contributed by atoms with E-state index < -0.39 is 7.12 Å². The molecule has 3 rings (SSSR count). The maximum atomic E-state index is 9.27. The summed E-state index contributed by atoms with van der Waals surface area (Å²) in [6.45, 7) is 0.405. The fourth-order valence-corrected chi connectivity index (χ4v) is 1.90. The number of hydrogen-bond acceptors (Lipinski definition) is 4. The minimum absolute atomic E-state index is 0.0476. The van der Waals surface area contributed by atoms with Crippen molar-refractivity contribution in [2.45, 2.75) is 13.2 Å². The lowest BCUT2D eigenvalue weighted by molar-refractivity contribution is 0.226. The lowest BCUT2D eigenvalue weighted by Crippen LogP contribution is -2.41. The zero-order valence-corrected chi connectivity index (χ0v) is 9.13. The topological polar surface area (TPSA) is 51.8 Å². The summed E-state index contributed by atoms with van der Waals surface area (Å²) in [6.07, 6.45) is 1.58. The Morgan fingerprint density at radius 3 is 2.94 bits per heavy atom. The van der Waals surface area contributed by atoms with Crippen LogP contribution in [0.4, 0.5) is 0 Å². The van der Waals surface area contributed by atoms with Gasteiger partial charge in [0.1, 0.15) is 11.4 Å². The zero-order valence-electron chi connectivity index (χ0n) is 9.13. The molecule has 1 aromatic heterocycles. The molecule has 4 nitrogen and oxygen atoms in total. The average Bonchev–Trinajstić information content (AvgIpc) is 2.91. The predicted molar refractivity (Wildman–Crippen MR) is 61.9 cm³/mol. The maximum Gasteiger partial charge on any atom is 0.601 e. The molecular formula is C12H11BO4. The van der Waals surface area contributed by atoms with Crippen molar-refractivity contribution in [1.82, 2.24) is 0 Å². The van der Waals surface area contributed by atoms with Gasteiger partial charge in [0, 0.05) is 11.1 Å². The summed E-state index contributed by atoms with van der Waals surface area (Å²) in [5.41, 5.74) is 2.34. The van der Waals surface area contributed by atoms with Crippen LogP contribution in [0.2, 0.25) is 0 Å². The van der Waals surface area contributed by atoms with Gasteiger partial charge in [-0.25, -0.2) is 0 Å². The highest BCUT2D eigenvalue weighted by Crippen LogP contribution is 2.29. The Kier molecular flexibility index (Phi) is 2.63. The summed E-state index contributed by atoms with van der Waals surface area (Å²) < 4.78 is 16.5. The van der Waals surface area contributed by atoms with E-state index in [-0.39, 0.29) is 6.61 Å². The van der Waals surface area contributed by atoms with Crippen LogP contribution in [0.3, 0.4) is 0 Å². The highest BCUT2D eigenvalue weighted by Gasteiger charge is 2.32. The van der Waals surface area contributed by atoms with Crippen LogP contribution in [0, 0.1) is 0 Å². The fraction of sp³-hybridized carbons (Fsp3) is 0.167. The van der Waals surface area contributed by atoms with Crippen LogP contribution in [-0.2, 0) is 17.9 Å². The Balaban J connectivity index is 1.94. The fourth-order valence-electron chi connectivity index (χ4n) is 1.90. The molecule has 1 N–H and O–H groups in total. The normalized spacial score (nSPS) is 14.3. The van der Waals surface area contributed by atoms with Crippen LogP contribution in [0.25, 0.3) is 0 Å². The number of rotatable bonds is 2. The number of benzene rings is 1. The van der Waals surface area contributed by atoms with Gasteiger partial charge in [0.2, 0.25) is 0 Å². The Morgan fingerprint density at radius 2 is 2.18 bits per heavy atom. The standard InChI is InChI=1S/C12H11BO4/c14-7-9-3-1-4-10-8-16-13(17-12(9)10)11-5-2-6-15-11/h1-6,14H,7-8H2. The molecule has 0 unspecified atom stereocenters. The maximum absolute atomic E-state index is 9.27. The highest BCUT2D eigenvalue weighted by molar-refractivity contribution is 6.60. The number of aliphatic hydroxyl groups excluding tert-OH is 1. The first kappa shape index (κ1) is 10.4. The molecule has 0 spiro atoms. The van der Waals surface area contributed by atoms with Crippen molar-refractivity contribution < 1.29 is 18.8 Å². The van der Waals surface area contributed by atoms with Crippen molar-refractivity contribution in [3.8, 4) is 5.75 Å². The smallest absolute Gasteiger partial charge is 0.530 e. The molecule has 1 aromatic carbocycles. The highest BCUT2D eigenvalue weighted by atomic mass is 16.6. The molecule has 86 valence electrons. The molecule has 2 aromatic rings. The second-order valence-electron chi connectivity index (χ2n) is 3.84. The monoisotopic (exact) mass is 230 g/mol. The van der Waals surface area contributed by atoms with Gasteiger partial charge in [-0.2, -0.15) is 0 Å². The van der Waals surface area contributed by atoms with Gasteiger partial charge in [-0.1, -0.05) is 18.2 Å². The molecule has 0 fully saturated rings. The quantitative estimate of drug-likeness (QED) is 0.784. The Labute approximate surface area is 98.9 Å². The molecule has 5 heteroatoms. The summed E-state index contributed by atoms with van der Waals surface area (Å²) in [7, 11) is -0.537. The van der Waals surface area contributed by atoms with Crippen LogP contribution in [-0.4, -0.2) is 12.2 Å². The van der Waals surface area contributed by atoms with Gasteiger partial charge in [-0.3, -0.25) is 0 Å². The number of aliphatic hydroxyl groups is 1. The van der Waals surface area contributed by atoms with Crippen LogP contribution in [0.15, 0.2) is 41.0 Å². The molecular weight excluding hydrogens is 219 g/mol. The van der Waals surface area contributed by atoms with Crippen LogP contribution >= 0.6 is 0 Å². The van der Waals surface area contributed by atoms with Crippen molar-refractivity contribution in [2.24, 2.45) is 0 Å². The molecule has 0 bridgehead atoms. The van der Waals surface area contributed by atoms with Crippen molar-refractivity contribution in [3.63, 3.8) is 0 Å². The summed E-state index contributed by atoms with van der Waals surface area (Å²) >= 11 is 0. The van der Waals surface area contributed by atoms with E-state index >= 15 is 0 Å². The van der Waals surface area contributed by atoms with Gasteiger partial charge < -0.3 is 18.8 Å². The number of furan rings is 1. The summed E-state index contributed by atoms with van der Waals surface area (Å²) in [5.74, 6) is 0.697. The van der Waals surface area contributed by atoms with Gasteiger partial charge in [0.05, 0.1) is 19.5 Å². The van der Waals surface area contributed by atoms with E-state index in [1.54, 1.807) is 18.4 Å².